The molecule has 1 rings (SSSR count). The van der Waals surface area contributed by atoms with Crippen molar-refractivity contribution in [2.45, 2.75) is 6.92 Å². The summed E-state index contributed by atoms with van der Waals surface area (Å²) in [6.07, 6.45) is 3.38. The molecule has 0 radical (unpaired) electrons. The molecule has 0 aliphatic rings. The van der Waals surface area contributed by atoms with E-state index in [0.717, 1.165) is 5.56 Å². The Balaban J connectivity index is 2.40. The minimum absolute atomic E-state index is 0.0605. The maximum atomic E-state index is 11.1. The molecule has 3 N–H and O–H groups in total. The van der Waals surface area contributed by atoms with Crippen LogP contribution in [-0.4, -0.2) is 24.3 Å². The lowest BCUT2D eigenvalue weighted by molar-refractivity contribution is 0.237. The van der Waals surface area contributed by atoms with Gasteiger partial charge in [-0.05, 0) is 18.6 Å². The number of carbonyl (C=O) groups excluding carboxylic acids is 1. The highest BCUT2D eigenvalue weighted by atomic mass is 16.3. The average Bonchev–Trinajstić information content (AvgIpc) is 2.26. The van der Waals surface area contributed by atoms with Crippen molar-refractivity contribution in [2.75, 3.05) is 13.2 Å². The van der Waals surface area contributed by atoms with Crippen LogP contribution in [0.2, 0.25) is 0 Å². The molecule has 0 atom stereocenters. The Morgan fingerprint density at radius 2 is 2.31 bits per heavy atom. The van der Waals surface area contributed by atoms with Gasteiger partial charge in [0.25, 0.3) is 0 Å². The minimum Gasteiger partial charge on any atom is -0.395 e. The van der Waals surface area contributed by atoms with E-state index in [-0.39, 0.29) is 19.2 Å². The molecule has 0 spiro atoms. The van der Waals surface area contributed by atoms with Gasteiger partial charge in [-0.3, -0.25) is 0 Å². The Labute approximate surface area is 95.0 Å². The summed E-state index contributed by atoms with van der Waals surface area (Å²) in [5, 5.41) is 13.5. The first-order valence-corrected chi connectivity index (χ1v) is 5.11. The van der Waals surface area contributed by atoms with E-state index < -0.39 is 0 Å². The predicted octanol–water partition coefficient (Wildman–Crippen LogP) is 1.26. The van der Waals surface area contributed by atoms with Crippen molar-refractivity contribution in [3.05, 3.63) is 41.6 Å². The summed E-state index contributed by atoms with van der Waals surface area (Å²) in [5.41, 5.74) is 2.20. The molecule has 16 heavy (non-hydrogen) atoms. The number of urea groups is 1. The van der Waals surface area contributed by atoms with E-state index >= 15 is 0 Å². The van der Waals surface area contributed by atoms with E-state index in [9.17, 15) is 4.79 Å². The number of benzene rings is 1. The number of rotatable bonds is 4. The second-order valence-electron chi connectivity index (χ2n) is 3.37. The molecule has 4 heteroatoms. The fourth-order valence-corrected chi connectivity index (χ4v) is 1.21. The first-order chi connectivity index (χ1) is 7.72. The van der Waals surface area contributed by atoms with Crippen LogP contribution in [0.4, 0.5) is 4.79 Å². The fourth-order valence-electron chi connectivity index (χ4n) is 1.21. The Morgan fingerprint density at radius 3 is 3.00 bits per heavy atom. The van der Waals surface area contributed by atoms with E-state index in [1.54, 1.807) is 6.20 Å². The van der Waals surface area contributed by atoms with Crippen LogP contribution >= 0.6 is 0 Å². The molecule has 86 valence electrons. The number of hydrogen-bond acceptors (Lipinski definition) is 2. The highest BCUT2D eigenvalue weighted by Gasteiger charge is 1.93. The number of carbonyl (C=O) groups is 1. The van der Waals surface area contributed by atoms with Crippen molar-refractivity contribution in [3.63, 3.8) is 0 Å². The summed E-state index contributed by atoms with van der Waals surface area (Å²) in [5.74, 6) is 0. The number of aliphatic hydroxyl groups is 1. The second kappa shape index (κ2) is 6.63. The largest absolute Gasteiger partial charge is 0.395 e. The van der Waals surface area contributed by atoms with E-state index in [1.165, 1.54) is 5.56 Å². The van der Waals surface area contributed by atoms with Crippen molar-refractivity contribution in [1.29, 1.82) is 0 Å². The molecule has 2 amide bonds. The van der Waals surface area contributed by atoms with Crippen molar-refractivity contribution < 1.29 is 9.90 Å². The van der Waals surface area contributed by atoms with E-state index in [2.05, 4.69) is 10.6 Å². The summed E-state index contributed by atoms with van der Waals surface area (Å²) in [7, 11) is 0. The Hall–Kier alpha value is -1.81. The normalized spacial score (nSPS) is 10.4. The van der Waals surface area contributed by atoms with E-state index in [1.807, 2.05) is 37.3 Å². The summed E-state index contributed by atoms with van der Waals surface area (Å²) < 4.78 is 0. The van der Waals surface area contributed by atoms with Gasteiger partial charge in [-0.1, -0.05) is 29.8 Å². The molecule has 0 unspecified atom stereocenters. The van der Waals surface area contributed by atoms with Gasteiger partial charge in [-0.15, -0.1) is 0 Å². The highest BCUT2D eigenvalue weighted by Crippen LogP contribution is 2.04. The molecule has 0 fully saturated rings. The molecule has 0 aliphatic heterocycles. The van der Waals surface area contributed by atoms with Crippen molar-refractivity contribution >= 4 is 12.1 Å². The van der Waals surface area contributed by atoms with Crippen LogP contribution in [0.1, 0.15) is 11.1 Å². The van der Waals surface area contributed by atoms with E-state index in [4.69, 9.17) is 5.11 Å². The maximum Gasteiger partial charge on any atom is 0.318 e. The quantitative estimate of drug-likeness (QED) is 0.715. The third kappa shape index (κ3) is 4.61. The molecule has 1 aromatic rings. The van der Waals surface area contributed by atoms with Crippen LogP contribution in [0.25, 0.3) is 6.08 Å². The molecule has 0 heterocycles. The third-order valence-electron chi connectivity index (χ3n) is 1.93. The molecular formula is C12H16N2O2. The third-order valence-corrected chi connectivity index (χ3v) is 1.93. The smallest absolute Gasteiger partial charge is 0.318 e. The topological polar surface area (TPSA) is 61.4 Å². The van der Waals surface area contributed by atoms with Gasteiger partial charge in [-0.25, -0.2) is 4.79 Å². The first-order valence-electron chi connectivity index (χ1n) is 5.11. The number of hydrogen-bond donors (Lipinski definition) is 3. The van der Waals surface area contributed by atoms with Crippen LogP contribution in [-0.2, 0) is 0 Å². The van der Waals surface area contributed by atoms with Gasteiger partial charge in [0.2, 0.25) is 0 Å². The van der Waals surface area contributed by atoms with Crippen molar-refractivity contribution in [1.82, 2.24) is 10.6 Å². The van der Waals surface area contributed by atoms with Crippen molar-refractivity contribution in [3.8, 4) is 0 Å². The van der Waals surface area contributed by atoms with Crippen LogP contribution in [0, 0.1) is 6.92 Å². The zero-order chi connectivity index (χ0) is 11.8. The predicted molar refractivity (Wildman–Crippen MR) is 63.8 cm³/mol. The maximum absolute atomic E-state index is 11.1. The molecule has 0 saturated carbocycles. The van der Waals surface area contributed by atoms with Gasteiger partial charge >= 0.3 is 6.03 Å². The van der Waals surface area contributed by atoms with Gasteiger partial charge in [0.1, 0.15) is 0 Å². The number of nitrogens with one attached hydrogen (secondary N) is 2. The summed E-state index contributed by atoms with van der Waals surface area (Å²) in [6, 6.07) is 7.62. The zero-order valence-electron chi connectivity index (χ0n) is 9.23. The van der Waals surface area contributed by atoms with Crippen LogP contribution in [0.5, 0.6) is 0 Å². The SMILES string of the molecule is Cc1cccc(/C=C/NC(=O)NCCO)c1. The standard InChI is InChI=1S/C12H16N2O2/c1-10-3-2-4-11(9-10)5-6-13-12(16)14-7-8-15/h2-6,9,15H,7-8H2,1H3,(H2,13,14,16)/b6-5+. The van der Waals surface area contributed by atoms with Crippen molar-refractivity contribution in [2.24, 2.45) is 0 Å². The monoisotopic (exact) mass is 220 g/mol. The minimum atomic E-state index is -0.321. The number of amides is 2. The molecule has 0 aromatic heterocycles. The Kier molecular flexibility index (Phi) is 5.08. The highest BCUT2D eigenvalue weighted by molar-refractivity contribution is 5.75. The van der Waals surface area contributed by atoms with Gasteiger partial charge < -0.3 is 15.7 Å². The van der Waals surface area contributed by atoms with Crippen LogP contribution in [0.15, 0.2) is 30.5 Å². The zero-order valence-corrected chi connectivity index (χ0v) is 9.23. The molecule has 0 saturated heterocycles. The number of aryl methyl sites for hydroxylation is 1. The fraction of sp³-hybridized carbons (Fsp3) is 0.250. The molecular weight excluding hydrogens is 204 g/mol. The van der Waals surface area contributed by atoms with Crippen LogP contribution < -0.4 is 10.6 Å². The lowest BCUT2D eigenvalue weighted by Gasteiger charge is -2.01. The van der Waals surface area contributed by atoms with Crippen LogP contribution in [0.3, 0.4) is 0 Å². The van der Waals surface area contributed by atoms with Gasteiger partial charge in [-0.2, -0.15) is 0 Å². The van der Waals surface area contributed by atoms with Gasteiger partial charge in [0.05, 0.1) is 6.61 Å². The lowest BCUT2D eigenvalue weighted by atomic mass is 10.1. The summed E-state index contributed by atoms with van der Waals surface area (Å²) in [4.78, 5) is 11.1. The average molecular weight is 220 g/mol. The van der Waals surface area contributed by atoms with Gasteiger partial charge in [0.15, 0.2) is 0 Å². The lowest BCUT2D eigenvalue weighted by Crippen LogP contribution is -2.33. The summed E-state index contributed by atoms with van der Waals surface area (Å²) >= 11 is 0. The molecule has 0 bridgehead atoms. The second-order valence-corrected chi connectivity index (χ2v) is 3.37. The Bertz CT molecular complexity index is 375. The summed E-state index contributed by atoms with van der Waals surface area (Å²) in [6.45, 7) is 2.21. The van der Waals surface area contributed by atoms with Gasteiger partial charge in [0, 0.05) is 12.7 Å². The Morgan fingerprint density at radius 1 is 1.50 bits per heavy atom. The molecule has 0 aliphatic carbocycles. The molecule has 4 nitrogen and oxygen atoms in total. The van der Waals surface area contributed by atoms with E-state index in [0.29, 0.717) is 0 Å². The molecule has 1 aromatic carbocycles. The number of aliphatic hydroxyl groups excluding tert-OH is 1. The first kappa shape index (κ1) is 12.3.